The number of aromatic amines is 1. The molecule has 1 amide bonds. The predicted molar refractivity (Wildman–Crippen MR) is 140 cm³/mol. The molecule has 1 unspecified atom stereocenters. The van der Waals surface area contributed by atoms with Gasteiger partial charge < -0.3 is 19.5 Å². The summed E-state index contributed by atoms with van der Waals surface area (Å²) in [5, 5.41) is 9.92. The number of amides is 1. The minimum Gasteiger partial charge on any atom is -0.370 e. The first-order chi connectivity index (χ1) is 18.1. The maximum absolute atomic E-state index is 11.5. The molecule has 188 valence electrons. The third kappa shape index (κ3) is 4.57. The maximum Gasteiger partial charge on any atom is 0.277 e. The van der Waals surface area contributed by atoms with Crippen molar-refractivity contribution < 1.29 is 14.7 Å². The largest absolute Gasteiger partial charge is 0.370 e. The molecule has 3 N–H and O–H groups in total. The molecule has 11 nitrogen and oxygen atoms in total. The van der Waals surface area contributed by atoms with E-state index in [-0.39, 0.29) is 11.7 Å². The quantitative estimate of drug-likeness (QED) is 0.230. The van der Waals surface area contributed by atoms with E-state index in [9.17, 15) is 4.79 Å². The summed E-state index contributed by atoms with van der Waals surface area (Å²) >= 11 is 1.62. The number of carbonyl (C=O) groups excluding carboxylic acids is 1. The second kappa shape index (κ2) is 9.73. The van der Waals surface area contributed by atoms with Crippen molar-refractivity contribution in [3.05, 3.63) is 71.1 Å². The van der Waals surface area contributed by atoms with Gasteiger partial charge in [0.15, 0.2) is 0 Å². The number of aromatic nitrogens is 5. The van der Waals surface area contributed by atoms with Gasteiger partial charge in [-0.3, -0.25) is 10.0 Å². The Balaban J connectivity index is 1.18. The maximum atomic E-state index is 11.5. The molecule has 0 aliphatic carbocycles. The number of nitrogens with one attached hydrogen (secondary N) is 2. The summed E-state index contributed by atoms with van der Waals surface area (Å²) in [5.41, 5.74) is 4.91. The first-order valence-corrected chi connectivity index (χ1v) is 12.6. The number of morpholine rings is 1. The summed E-state index contributed by atoms with van der Waals surface area (Å²) in [6.07, 6.45) is 6.52. The van der Waals surface area contributed by atoms with E-state index < -0.39 is 5.91 Å². The molecule has 1 aliphatic rings. The van der Waals surface area contributed by atoms with E-state index in [4.69, 9.17) is 14.9 Å². The van der Waals surface area contributed by atoms with Crippen molar-refractivity contribution in [3.8, 4) is 0 Å². The molecule has 1 atom stereocenters. The standard InChI is InChI=1S/C25H24N8O3S/c1-32(24-27-10-15(11-28-24)23(34)31-35)13-16-9-20-22(37-16)12-29-25(30-20)33-7-8-36-21(14-33)18-3-2-4-19-17(18)5-6-26-19/h2-6,9-12,21,26,35H,7-8,13-14H2,1H3,(H,31,34). The minimum atomic E-state index is -0.652. The van der Waals surface area contributed by atoms with Crippen molar-refractivity contribution >= 4 is 50.3 Å². The number of thiophene rings is 1. The van der Waals surface area contributed by atoms with Crippen LogP contribution in [0.15, 0.2) is 55.1 Å². The number of nitrogens with zero attached hydrogens (tertiary/aromatic N) is 6. The Kier molecular flexibility index (Phi) is 6.12. The minimum absolute atomic E-state index is 0.0610. The lowest BCUT2D eigenvalue weighted by Crippen LogP contribution is -2.39. The van der Waals surface area contributed by atoms with Crippen LogP contribution in [0.2, 0.25) is 0 Å². The van der Waals surface area contributed by atoms with Gasteiger partial charge in [0.2, 0.25) is 11.9 Å². The average molecular weight is 517 g/mol. The van der Waals surface area contributed by atoms with E-state index in [1.807, 2.05) is 30.4 Å². The van der Waals surface area contributed by atoms with Crippen LogP contribution in [0.25, 0.3) is 21.1 Å². The number of benzene rings is 1. The molecular weight excluding hydrogens is 492 g/mol. The zero-order chi connectivity index (χ0) is 25.4. The van der Waals surface area contributed by atoms with Gasteiger partial charge in [-0.05, 0) is 23.8 Å². The molecule has 1 aliphatic heterocycles. The van der Waals surface area contributed by atoms with E-state index in [2.05, 4.69) is 49.1 Å². The second-order valence-corrected chi connectivity index (χ2v) is 9.96. The van der Waals surface area contributed by atoms with Crippen LogP contribution in [0.3, 0.4) is 0 Å². The number of hydrogen-bond donors (Lipinski definition) is 3. The Morgan fingerprint density at radius 3 is 2.97 bits per heavy atom. The number of H-pyrrole nitrogens is 1. The SMILES string of the molecule is CN(Cc1cc2nc(N3CCOC(c4cccc5[nH]ccc45)C3)ncc2s1)c1ncc(C(=O)NO)cn1. The fourth-order valence-electron chi connectivity index (χ4n) is 4.52. The Morgan fingerprint density at radius 2 is 2.14 bits per heavy atom. The van der Waals surface area contributed by atoms with Crippen LogP contribution in [-0.2, 0) is 11.3 Å². The van der Waals surface area contributed by atoms with Crippen molar-refractivity contribution in [2.75, 3.05) is 36.5 Å². The summed E-state index contributed by atoms with van der Waals surface area (Å²) in [4.78, 5) is 37.9. The van der Waals surface area contributed by atoms with Gasteiger partial charge in [-0.15, -0.1) is 11.3 Å². The fraction of sp³-hybridized carbons (Fsp3) is 0.240. The molecule has 1 fully saturated rings. The summed E-state index contributed by atoms with van der Waals surface area (Å²) in [6, 6.07) is 10.4. The third-order valence-electron chi connectivity index (χ3n) is 6.37. The van der Waals surface area contributed by atoms with E-state index in [1.165, 1.54) is 17.8 Å². The Labute approximate surface area is 215 Å². The van der Waals surface area contributed by atoms with E-state index in [1.54, 1.807) is 16.8 Å². The molecule has 0 spiro atoms. The highest BCUT2D eigenvalue weighted by molar-refractivity contribution is 7.19. The van der Waals surface area contributed by atoms with Crippen molar-refractivity contribution in [1.82, 2.24) is 30.4 Å². The molecule has 0 bridgehead atoms. The number of ether oxygens (including phenoxy) is 1. The smallest absolute Gasteiger partial charge is 0.277 e. The molecular formula is C25H24N8O3S. The van der Waals surface area contributed by atoms with Gasteiger partial charge in [0.05, 0.1) is 41.7 Å². The number of carbonyl (C=O) groups is 1. The van der Waals surface area contributed by atoms with Crippen LogP contribution in [0.5, 0.6) is 0 Å². The molecule has 6 rings (SSSR count). The van der Waals surface area contributed by atoms with E-state index in [0.717, 1.165) is 32.7 Å². The fourth-order valence-corrected chi connectivity index (χ4v) is 5.55. The van der Waals surface area contributed by atoms with Gasteiger partial charge in [-0.25, -0.2) is 25.4 Å². The number of anilines is 2. The van der Waals surface area contributed by atoms with Crippen LogP contribution in [-0.4, -0.2) is 62.8 Å². The molecule has 1 aromatic carbocycles. The Hall–Kier alpha value is -4.13. The topological polar surface area (TPSA) is 132 Å². The van der Waals surface area contributed by atoms with Gasteiger partial charge in [-0.2, -0.15) is 0 Å². The van der Waals surface area contributed by atoms with Gasteiger partial charge >= 0.3 is 0 Å². The predicted octanol–water partition coefficient (Wildman–Crippen LogP) is 3.30. The number of fused-ring (bicyclic) bond motifs is 2. The summed E-state index contributed by atoms with van der Waals surface area (Å²) in [7, 11) is 1.88. The molecule has 4 aromatic heterocycles. The number of hydroxylamine groups is 1. The molecule has 12 heteroatoms. The lowest BCUT2D eigenvalue weighted by atomic mass is 10.0. The molecule has 0 radical (unpaired) electrons. The normalized spacial score (nSPS) is 15.8. The molecule has 5 aromatic rings. The highest BCUT2D eigenvalue weighted by atomic mass is 32.1. The van der Waals surface area contributed by atoms with Crippen LogP contribution in [0.1, 0.15) is 26.9 Å². The van der Waals surface area contributed by atoms with Crippen LogP contribution >= 0.6 is 11.3 Å². The monoisotopic (exact) mass is 516 g/mol. The molecule has 1 saturated heterocycles. The van der Waals surface area contributed by atoms with Gasteiger partial charge in [-0.1, -0.05) is 12.1 Å². The number of hydrogen-bond acceptors (Lipinski definition) is 10. The van der Waals surface area contributed by atoms with E-state index >= 15 is 0 Å². The molecule has 5 heterocycles. The summed E-state index contributed by atoms with van der Waals surface area (Å²) in [5.74, 6) is 0.512. The lowest BCUT2D eigenvalue weighted by Gasteiger charge is -2.33. The van der Waals surface area contributed by atoms with Crippen LogP contribution in [0.4, 0.5) is 11.9 Å². The first-order valence-electron chi connectivity index (χ1n) is 11.7. The van der Waals surface area contributed by atoms with Crippen molar-refractivity contribution in [1.29, 1.82) is 0 Å². The van der Waals surface area contributed by atoms with E-state index in [0.29, 0.717) is 31.6 Å². The third-order valence-corrected chi connectivity index (χ3v) is 7.41. The first kappa shape index (κ1) is 23.3. The highest BCUT2D eigenvalue weighted by Crippen LogP contribution is 2.31. The lowest BCUT2D eigenvalue weighted by molar-refractivity contribution is 0.0402. The average Bonchev–Trinajstić information content (AvgIpc) is 3.58. The van der Waals surface area contributed by atoms with Crippen LogP contribution in [0, 0.1) is 0 Å². The van der Waals surface area contributed by atoms with Gasteiger partial charge in [0.1, 0.15) is 6.10 Å². The Bertz CT molecular complexity index is 1570. The number of rotatable bonds is 6. The zero-order valence-corrected chi connectivity index (χ0v) is 20.8. The van der Waals surface area contributed by atoms with Crippen molar-refractivity contribution in [2.24, 2.45) is 0 Å². The second-order valence-electron chi connectivity index (χ2n) is 8.79. The van der Waals surface area contributed by atoms with Crippen LogP contribution < -0.4 is 15.3 Å². The van der Waals surface area contributed by atoms with Crippen molar-refractivity contribution in [2.45, 2.75) is 12.6 Å². The Morgan fingerprint density at radius 1 is 1.27 bits per heavy atom. The van der Waals surface area contributed by atoms with Gasteiger partial charge in [0, 0.05) is 48.0 Å². The van der Waals surface area contributed by atoms with Gasteiger partial charge in [0.25, 0.3) is 5.91 Å². The highest BCUT2D eigenvalue weighted by Gasteiger charge is 2.25. The molecule has 37 heavy (non-hydrogen) atoms. The molecule has 0 saturated carbocycles. The summed E-state index contributed by atoms with van der Waals surface area (Å²) < 4.78 is 7.14. The zero-order valence-electron chi connectivity index (χ0n) is 20.0. The van der Waals surface area contributed by atoms with Crippen molar-refractivity contribution in [3.63, 3.8) is 0 Å². The summed E-state index contributed by atoms with van der Waals surface area (Å²) in [6.45, 7) is 2.58.